The topological polar surface area (TPSA) is 81.0 Å². The first-order valence-corrected chi connectivity index (χ1v) is 8.19. The molecule has 0 aromatic heterocycles. The van der Waals surface area contributed by atoms with Gasteiger partial charge >= 0.3 is 18.1 Å². The highest BCUT2D eigenvalue weighted by atomic mass is 16.6. The lowest BCUT2D eigenvalue weighted by Gasteiger charge is -2.39. The van der Waals surface area contributed by atoms with Gasteiger partial charge < -0.3 is 14.5 Å². The molecule has 7 heteroatoms. The van der Waals surface area contributed by atoms with Crippen molar-refractivity contribution in [2.45, 2.75) is 25.3 Å². The van der Waals surface area contributed by atoms with Crippen molar-refractivity contribution in [1.82, 2.24) is 15.1 Å². The van der Waals surface area contributed by atoms with E-state index in [2.05, 4.69) is 5.32 Å². The molecular formula is C17H20N3O4. The van der Waals surface area contributed by atoms with Crippen LogP contribution >= 0.6 is 0 Å². The Balaban J connectivity index is 1.50. The summed E-state index contributed by atoms with van der Waals surface area (Å²) < 4.78 is 4.93. The highest BCUT2D eigenvalue weighted by Gasteiger charge is 2.32. The maximum absolute atomic E-state index is 12.1. The number of amides is 3. The van der Waals surface area contributed by atoms with Crippen LogP contribution in [0.3, 0.4) is 0 Å². The second-order valence-corrected chi connectivity index (χ2v) is 5.95. The number of urea groups is 1. The zero-order valence-electron chi connectivity index (χ0n) is 13.4. The van der Waals surface area contributed by atoms with Crippen LogP contribution in [0.5, 0.6) is 0 Å². The van der Waals surface area contributed by atoms with Gasteiger partial charge in [0, 0.05) is 32.2 Å². The Bertz CT molecular complexity index is 612. The second kappa shape index (κ2) is 7.33. The molecule has 2 saturated heterocycles. The van der Waals surface area contributed by atoms with Crippen LogP contribution in [0.15, 0.2) is 30.3 Å². The van der Waals surface area contributed by atoms with Crippen molar-refractivity contribution >= 4 is 18.1 Å². The standard InChI is InChI=1S/C17H20N3O4/c21-15(13-5-2-1-3-6-13)24-17(23)19-11-7-14(8-12-19)20-10-4-9-18-16(20)22/h1-3,5-6,14H,4,7-12H2. The van der Waals surface area contributed by atoms with Crippen molar-refractivity contribution in [3.05, 3.63) is 35.9 Å². The molecule has 1 aromatic carbocycles. The number of rotatable bonds is 2. The number of carbonyl (C=O) groups is 3. The van der Waals surface area contributed by atoms with Gasteiger partial charge in [-0.1, -0.05) is 18.2 Å². The van der Waals surface area contributed by atoms with E-state index < -0.39 is 12.1 Å². The Hall–Kier alpha value is -2.57. The first-order chi connectivity index (χ1) is 11.6. The van der Waals surface area contributed by atoms with E-state index >= 15 is 0 Å². The molecule has 24 heavy (non-hydrogen) atoms. The molecule has 0 aliphatic carbocycles. The van der Waals surface area contributed by atoms with E-state index in [1.807, 2.05) is 0 Å². The summed E-state index contributed by atoms with van der Waals surface area (Å²) in [6.45, 7) is 2.26. The third kappa shape index (κ3) is 3.67. The number of benzene rings is 1. The number of hydrogen-bond acceptors (Lipinski definition) is 4. The molecule has 0 N–H and O–H groups in total. The van der Waals surface area contributed by atoms with Crippen LogP contribution < -0.4 is 5.32 Å². The Kier molecular flexibility index (Phi) is 4.98. The number of nitrogens with zero attached hydrogens (tertiary/aromatic N) is 3. The SMILES string of the molecule is O=C(OC(=O)N1CCC(N2CCC[N]C2=O)CC1)c1ccccc1. The normalized spacial score (nSPS) is 18.9. The van der Waals surface area contributed by atoms with E-state index in [1.165, 1.54) is 4.90 Å². The lowest BCUT2D eigenvalue weighted by Crippen LogP contribution is -2.53. The number of carbonyl (C=O) groups excluding carboxylic acids is 3. The molecule has 127 valence electrons. The average molecular weight is 330 g/mol. The van der Waals surface area contributed by atoms with E-state index in [0.717, 1.165) is 13.0 Å². The average Bonchev–Trinajstić information content (AvgIpc) is 2.63. The Labute approximate surface area is 140 Å². The van der Waals surface area contributed by atoms with Crippen molar-refractivity contribution in [2.24, 2.45) is 0 Å². The van der Waals surface area contributed by atoms with Crippen LogP contribution in [0.1, 0.15) is 29.6 Å². The van der Waals surface area contributed by atoms with Crippen LogP contribution in [0, 0.1) is 0 Å². The fourth-order valence-corrected chi connectivity index (χ4v) is 3.08. The van der Waals surface area contributed by atoms with E-state index in [1.54, 1.807) is 35.2 Å². The van der Waals surface area contributed by atoms with E-state index in [0.29, 0.717) is 38.0 Å². The zero-order valence-corrected chi connectivity index (χ0v) is 13.4. The Morgan fingerprint density at radius 3 is 2.46 bits per heavy atom. The summed E-state index contributed by atoms with van der Waals surface area (Å²) in [5, 5.41) is 3.95. The van der Waals surface area contributed by atoms with Crippen LogP contribution in [-0.2, 0) is 4.74 Å². The molecule has 2 heterocycles. The van der Waals surface area contributed by atoms with E-state index in [-0.39, 0.29) is 12.1 Å². The highest BCUT2D eigenvalue weighted by molar-refractivity contribution is 5.96. The lowest BCUT2D eigenvalue weighted by atomic mass is 10.0. The fourth-order valence-electron chi connectivity index (χ4n) is 3.08. The summed E-state index contributed by atoms with van der Waals surface area (Å²) in [5.41, 5.74) is 0.348. The highest BCUT2D eigenvalue weighted by Crippen LogP contribution is 2.19. The molecule has 2 aliphatic rings. The molecule has 0 atom stereocenters. The minimum Gasteiger partial charge on any atom is -0.372 e. The molecule has 7 nitrogen and oxygen atoms in total. The quantitative estimate of drug-likeness (QED) is 0.612. The second-order valence-electron chi connectivity index (χ2n) is 5.95. The van der Waals surface area contributed by atoms with Crippen molar-refractivity contribution in [2.75, 3.05) is 26.2 Å². The molecule has 2 fully saturated rings. The summed E-state index contributed by atoms with van der Waals surface area (Å²) in [6.07, 6.45) is 1.61. The minimum atomic E-state index is -0.646. The molecule has 1 aromatic rings. The zero-order chi connectivity index (χ0) is 16.9. The predicted molar refractivity (Wildman–Crippen MR) is 85.6 cm³/mol. The molecule has 0 unspecified atom stereocenters. The molecule has 3 rings (SSSR count). The van der Waals surface area contributed by atoms with Crippen molar-refractivity contribution in [3.8, 4) is 0 Å². The molecule has 3 amide bonds. The van der Waals surface area contributed by atoms with E-state index in [4.69, 9.17) is 4.74 Å². The first-order valence-electron chi connectivity index (χ1n) is 8.19. The first kappa shape index (κ1) is 16.3. The molecule has 2 aliphatic heterocycles. The van der Waals surface area contributed by atoms with Gasteiger partial charge in [-0.25, -0.2) is 19.7 Å². The largest absolute Gasteiger partial charge is 0.417 e. The molecule has 0 spiro atoms. The van der Waals surface area contributed by atoms with Crippen LogP contribution in [-0.4, -0.2) is 60.1 Å². The third-order valence-corrected chi connectivity index (χ3v) is 4.40. The molecule has 0 bridgehead atoms. The maximum Gasteiger partial charge on any atom is 0.417 e. The Morgan fingerprint density at radius 1 is 1.08 bits per heavy atom. The van der Waals surface area contributed by atoms with Gasteiger partial charge in [-0.3, -0.25) is 0 Å². The maximum atomic E-state index is 12.1. The third-order valence-electron chi connectivity index (χ3n) is 4.40. The van der Waals surface area contributed by atoms with Gasteiger partial charge in [0.15, 0.2) is 0 Å². The van der Waals surface area contributed by atoms with Gasteiger partial charge in [0.1, 0.15) is 0 Å². The number of piperidine rings is 1. The van der Waals surface area contributed by atoms with Gasteiger partial charge in [0.05, 0.1) is 5.56 Å². The molecule has 0 saturated carbocycles. The Morgan fingerprint density at radius 2 is 1.79 bits per heavy atom. The number of likely N-dealkylation sites (tertiary alicyclic amines) is 1. The van der Waals surface area contributed by atoms with Crippen LogP contribution in [0.25, 0.3) is 0 Å². The van der Waals surface area contributed by atoms with Gasteiger partial charge in [0.25, 0.3) is 0 Å². The van der Waals surface area contributed by atoms with E-state index in [9.17, 15) is 14.4 Å². The van der Waals surface area contributed by atoms with Crippen LogP contribution in [0.4, 0.5) is 9.59 Å². The predicted octanol–water partition coefficient (Wildman–Crippen LogP) is 1.86. The summed E-state index contributed by atoms with van der Waals surface area (Å²) in [4.78, 5) is 39.2. The number of ether oxygens (including phenoxy) is 1. The molecule has 1 radical (unpaired) electrons. The molecular weight excluding hydrogens is 310 g/mol. The van der Waals surface area contributed by atoms with Crippen molar-refractivity contribution in [1.29, 1.82) is 0 Å². The summed E-state index contributed by atoms with van der Waals surface area (Å²) in [5.74, 6) is -0.646. The van der Waals surface area contributed by atoms with Crippen molar-refractivity contribution in [3.63, 3.8) is 0 Å². The van der Waals surface area contributed by atoms with Crippen LogP contribution in [0.2, 0.25) is 0 Å². The van der Waals surface area contributed by atoms with Gasteiger partial charge in [0.2, 0.25) is 0 Å². The summed E-state index contributed by atoms with van der Waals surface area (Å²) in [6, 6.07) is 8.38. The fraction of sp³-hybridized carbons (Fsp3) is 0.471. The summed E-state index contributed by atoms with van der Waals surface area (Å²) in [7, 11) is 0. The number of esters is 1. The smallest absolute Gasteiger partial charge is 0.372 e. The monoisotopic (exact) mass is 330 g/mol. The lowest BCUT2D eigenvalue weighted by molar-refractivity contribution is 0.0492. The minimum absolute atomic E-state index is 0.107. The van der Waals surface area contributed by atoms with Gasteiger partial charge in [-0.2, -0.15) is 0 Å². The van der Waals surface area contributed by atoms with Crippen molar-refractivity contribution < 1.29 is 19.1 Å². The van der Waals surface area contributed by atoms with Gasteiger partial charge in [-0.05, 0) is 31.4 Å². The number of hydrogen-bond donors (Lipinski definition) is 0. The summed E-state index contributed by atoms with van der Waals surface area (Å²) >= 11 is 0. The van der Waals surface area contributed by atoms with Gasteiger partial charge in [-0.15, -0.1) is 0 Å².